The van der Waals surface area contributed by atoms with Crippen molar-refractivity contribution in [2.24, 2.45) is 5.73 Å². The Kier molecular flexibility index (Phi) is 4.31. The molecule has 0 bridgehead atoms. The Balaban J connectivity index is 2.16. The molecule has 18 heavy (non-hydrogen) atoms. The number of fused-ring (bicyclic) bond motifs is 1. The predicted octanol–water partition coefficient (Wildman–Crippen LogP) is 1.59. The van der Waals surface area contributed by atoms with E-state index in [4.69, 9.17) is 10.8 Å². The summed E-state index contributed by atoms with van der Waals surface area (Å²) < 4.78 is 0. The Labute approximate surface area is 108 Å². The van der Waals surface area contributed by atoms with E-state index in [1.807, 2.05) is 7.05 Å². The fourth-order valence-corrected chi connectivity index (χ4v) is 2.24. The van der Waals surface area contributed by atoms with E-state index in [9.17, 15) is 0 Å². The van der Waals surface area contributed by atoms with Crippen molar-refractivity contribution in [2.75, 3.05) is 20.2 Å². The molecule has 0 aromatic heterocycles. The van der Waals surface area contributed by atoms with Gasteiger partial charge in [0.25, 0.3) is 0 Å². The molecular formula is C15H20N2O. The topological polar surface area (TPSA) is 49.5 Å². The van der Waals surface area contributed by atoms with Gasteiger partial charge < -0.3 is 15.7 Å². The quantitative estimate of drug-likeness (QED) is 0.839. The van der Waals surface area contributed by atoms with Crippen molar-refractivity contribution < 1.29 is 5.11 Å². The smallest absolute Gasteiger partial charge is 0.0595 e. The van der Waals surface area contributed by atoms with Crippen molar-refractivity contribution in [3.05, 3.63) is 48.0 Å². The summed E-state index contributed by atoms with van der Waals surface area (Å²) in [5.41, 5.74) is 7.04. The van der Waals surface area contributed by atoms with Crippen LogP contribution >= 0.6 is 0 Å². The molecular weight excluding hydrogens is 224 g/mol. The molecule has 0 heterocycles. The van der Waals surface area contributed by atoms with Gasteiger partial charge in [0.1, 0.15) is 0 Å². The highest BCUT2D eigenvalue weighted by molar-refractivity contribution is 5.85. The van der Waals surface area contributed by atoms with Crippen LogP contribution in [0, 0.1) is 0 Å². The molecule has 0 aliphatic heterocycles. The summed E-state index contributed by atoms with van der Waals surface area (Å²) in [7, 11) is 2.03. The van der Waals surface area contributed by atoms with Crippen molar-refractivity contribution in [2.45, 2.75) is 12.6 Å². The second kappa shape index (κ2) is 5.96. The van der Waals surface area contributed by atoms with E-state index in [0.29, 0.717) is 6.54 Å². The van der Waals surface area contributed by atoms with Crippen molar-refractivity contribution >= 4 is 10.8 Å². The molecule has 3 heteroatoms. The van der Waals surface area contributed by atoms with Crippen molar-refractivity contribution in [3.8, 4) is 0 Å². The molecule has 0 aliphatic carbocycles. The van der Waals surface area contributed by atoms with Crippen molar-refractivity contribution in [3.63, 3.8) is 0 Å². The number of likely N-dealkylation sites (N-methyl/N-ethyl adjacent to an activating group) is 1. The lowest BCUT2D eigenvalue weighted by molar-refractivity contribution is 0.219. The van der Waals surface area contributed by atoms with Gasteiger partial charge >= 0.3 is 0 Å². The Hall–Kier alpha value is -1.42. The average Bonchev–Trinajstić information content (AvgIpc) is 2.39. The molecule has 0 saturated heterocycles. The fourth-order valence-electron chi connectivity index (χ4n) is 2.24. The summed E-state index contributed by atoms with van der Waals surface area (Å²) in [6.45, 7) is 1.56. The molecule has 2 rings (SSSR count). The number of nitrogens with zero attached hydrogens (tertiary/aromatic N) is 1. The molecule has 3 nitrogen and oxygen atoms in total. The molecule has 0 radical (unpaired) electrons. The van der Waals surface area contributed by atoms with Gasteiger partial charge in [0.05, 0.1) is 6.61 Å². The largest absolute Gasteiger partial charge is 0.395 e. The zero-order valence-electron chi connectivity index (χ0n) is 10.7. The third kappa shape index (κ3) is 3.07. The van der Waals surface area contributed by atoms with Crippen LogP contribution in [-0.2, 0) is 6.54 Å². The standard InChI is InChI=1S/C15H20N2O/c1-17(10-14(16)11-18)9-13-7-4-6-12-5-2-3-8-15(12)13/h2-8,14,18H,9-11,16H2,1H3. The lowest BCUT2D eigenvalue weighted by Gasteiger charge is -2.20. The first-order chi connectivity index (χ1) is 8.70. The van der Waals surface area contributed by atoms with Gasteiger partial charge in [0.2, 0.25) is 0 Å². The lowest BCUT2D eigenvalue weighted by Crippen LogP contribution is -2.37. The highest BCUT2D eigenvalue weighted by Gasteiger charge is 2.07. The van der Waals surface area contributed by atoms with E-state index in [0.717, 1.165) is 6.54 Å². The van der Waals surface area contributed by atoms with E-state index in [2.05, 4.69) is 47.4 Å². The summed E-state index contributed by atoms with van der Waals surface area (Å²) >= 11 is 0. The first-order valence-corrected chi connectivity index (χ1v) is 6.22. The molecule has 1 unspecified atom stereocenters. The van der Waals surface area contributed by atoms with Gasteiger partial charge in [0.15, 0.2) is 0 Å². The summed E-state index contributed by atoms with van der Waals surface area (Å²) in [5.74, 6) is 0. The number of benzene rings is 2. The predicted molar refractivity (Wildman–Crippen MR) is 75.3 cm³/mol. The van der Waals surface area contributed by atoms with Crippen LogP contribution in [-0.4, -0.2) is 36.2 Å². The maximum absolute atomic E-state index is 8.97. The van der Waals surface area contributed by atoms with Crippen LogP contribution in [0.3, 0.4) is 0 Å². The molecule has 0 aliphatic rings. The van der Waals surface area contributed by atoms with Crippen LogP contribution in [0.2, 0.25) is 0 Å². The number of nitrogens with two attached hydrogens (primary N) is 1. The lowest BCUT2D eigenvalue weighted by atomic mass is 10.0. The van der Waals surface area contributed by atoms with Crippen molar-refractivity contribution in [1.82, 2.24) is 4.90 Å². The summed E-state index contributed by atoms with van der Waals surface area (Å²) in [5, 5.41) is 11.5. The number of hydrogen-bond acceptors (Lipinski definition) is 3. The van der Waals surface area contributed by atoms with Gasteiger partial charge in [-0.3, -0.25) is 0 Å². The fraction of sp³-hybridized carbons (Fsp3) is 0.333. The minimum atomic E-state index is -0.176. The molecule has 2 aromatic rings. The van der Waals surface area contributed by atoms with Gasteiger partial charge in [-0.25, -0.2) is 0 Å². The van der Waals surface area contributed by atoms with Crippen LogP contribution in [0.1, 0.15) is 5.56 Å². The SMILES string of the molecule is CN(Cc1cccc2ccccc12)CC(N)CO. The average molecular weight is 244 g/mol. The summed E-state index contributed by atoms with van der Waals surface area (Å²) in [6.07, 6.45) is 0. The van der Waals surface area contributed by atoms with Crippen LogP contribution in [0.25, 0.3) is 10.8 Å². The van der Waals surface area contributed by atoms with Gasteiger partial charge in [0, 0.05) is 19.1 Å². The monoisotopic (exact) mass is 244 g/mol. The minimum absolute atomic E-state index is 0.0277. The first kappa shape index (κ1) is 13.0. The molecule has 0 fully saturated rings. The van der Waals surface area contributed by atoms with E-state index in [-0.39, 0.29) is 12.6 Å². The highest BCUT2D eigenvalue weighted by atomic mass is 16.3. The molecule has 2 aromatic carbocycles. The molecule has 3 N–H and O–H groups in total. The first-order valence-electron chi connectivity index (χ1n) is 6.22. The second-order valence-electron chi connectivity index (χ2n) is 4.78. The zero-order valence-corrected chi connectivity index (χ0v) is 10.7. The molecule has 0 spiro atoms. The van der Waals surface area contributed by atoms with Crippen LogP contribution < -0.4 is 5.73 Å². The Bertz CT molecular complexity index is 507. The normalized spacial score (nSPS) is 13.1. The Morgan fingerprint density at radius 1 is 1.17 bits per heavy atom. The highest BCUT2D eigenvalue weighted by Crippen LogP contribution is 2.19. The third-order valence-electron chi connectivity index (χ3n) is 3.10. The molecule has 0 amide bonds. The maximum Gasteiger partial charge on any atom is 0.0595 e. The second-order valence-corrected chi connectivity index (χ2v) is 4.78. The van der Waals surface area contributed by atoms with Crippen LogP contribution in [0.15, 0.2) is 42.5 Å². The van der Waals surface area contributed by atoms with Crippen molar-refractivity contribution in [1.29, 1.82) is 0 Å². The van der Waals surface area contributed by atoms with E-state index >= 15 is 0 Å². The van der Waals surface area contributed by atoms with E-state index < -0.39 is 0 Å². The minimum Gasteiger partial charge on any atom is -0.395 e. The van der Waals surface area contributed by atoms with E-state index in [1.54, 1.807) is 0 Å². The Morgan fingerprint density at radius 3 is 2.67 bits per heavy atom. The third-order valence-corrected chi connectivity index (χ3v) is 3.10. The Morgan fingerprint density at radius 2 is 1.89 bits per heavy atom. The number of rotatable bonds is 5. The summed E-state index contributed by atoms with van der Waals surface area (Å²) in [6, 6.07) is 14.6. The maximum atomic E-state index is 8.97. The number of aliphatic hydroxyl groups excluding tert-OH is 1. The zero-order chi connectivity index (χ0) is 13.0. The van der Waals surface area contributed by atoms with Gasteiger partial charge in [-0.15, -0.1) is 0 Å². The molecule has 96 valence electrons. The van der Waals surface area contributed by atoms with Gasteiger partial charge in [-0.2, -0.15) is 0 Å². The number of hydrogen-bond donors (Lipinski definition) is 2. The van der Waals surface area contributed by atoms with Crippen LogP contribution in [0.5, 0.6) is 0 Å². The van der Waals surface area contributed by atoms with Gasteiger partial charge in [-0.05, 0) is 23.4 Å². The molecule has 1 atom stereocenters. The summed E-state index contributed by atoms with van der Waals surface area (Å²) in [4.78, 5) is 2.14. The van der Waals surface area contributed by atoms with Crippen LogP contribution in [0.4, 0.5) is 0 Å². The molecule has 0 saturated carbocycles. The number of aliphatic hydroxyl groups is 1. The van der Waals surface area contributed by atoms with E-state index in [1.165, 1.54) is 16.3 Å². The van der Waals surface area contributed by atoms with Gasteiger partial charge in [-0.1, -0.05) is 42.5 Å².